The summed E-state index contributed by atoms with van der Waals surface area (Å²) in [6.45, 7) is 2.04. The Morgan fingerprint density at radius 3 is 2.44 bits per heavy atom. The topological polar surface area (TPSA) is 0 Å². The number of hydrogen-bond acceptors (Lipinski definition) is 0. The summed E-state index contributed by atoms with van der Waals surface area (Å²) in [5, 5.41) is 0.812. The Labute approximate surface area is 103 Å². The minimum absolute atomic E-state index is 0.812. The SMILES string of the molecule is [B]c1ccccc1Cc1cccc(Cl)c1C. The number of rotatable bonds is 2. The lowest BCUT2D eigenvalue weighted by molar-refractivity contribution is 1.17. The molecule has 0 heterocycles. The van der Waals surface area contributed by atoms with E-state index < -0.39 is 0 Å². The summed E-state index contributed by atoms with van der Waals surface area (Å²) in [4.78, 5) is 0. The highest BCUT2D eigenvalue weighted by Crippen LogP contribution is 2.20. The van der Waals surface area contributed by atoms with Crippen LogP contribution in [0, 0.1) is 6.92 Å². The predicted octanol–water partition coefficient (Wildman–Crippen LogP) is 3.03. The van der Waals surface area contributed by atoms with E-state index in [1.165, 1.54) is 5.56 Å². The highest BCUT2D eigenvalue weighted by molar-refractivity contribution is 6.33. The lowest BCUT2D eigenvalue weighted by Gasteiger charge is -2.09. The zero-order chi connectivity index (χ0) is 11.5. The standard InChI is InChI=1S/C14H12BCl/c1-10-11(6-4-8-14(10)16)9-12-5-2-3-7-13(12)15/h2-8H,9H2,1H3. The van der Waals surface area contributed by atoms with Gasteiger partial charge in [-0.15, -0.1) is 0 Å². The van der Waals surface area contributed by atoms with Gasteiger partial charge in [-0.2, -0.15) is 0 Å². The fraction of sp³-hybridized carbons (Fsp3) is 0.143. The molecule has 2 radical (unpaired) electrons. The van der Waals surface area contributed by atoms with Crippen LogP contribution in [-0.2, 0) is 6.42 Å². The van der Waals surface area contributed by atoms with E-state index in [1.807, 2.05) is 37.3 Å². The van der Waals surface area contributed by atoms with E-state index in [4.69, 9.17) is 19.4 Å². The van der Waals surface area contributed by atoms with Crippen LogP contribution in [0.4, 0.5) is 0 Å². The normalized spacial score (nSPS) is 10.4. The Hall–Kier alpha value is -1.21. The van der Waals surface area contributed by atoms with Crippen LogP contribution in [0.5, 0.6) is 0 Å². The van der Waals surface area contributed by atoms with Gasteiger partial charge in [-0.1, -0.05) is 59.0 Å². The molecule has 0 unspecified atom stereocenters. The quantitative estimate of drug-likeness (QED) is 0.691. The first-order valence-electron chi connectivity index (χ1n) is 5.26. The van der Waals surface area contributed by atoms with Crippen molar-refractivity contribution in [3.05, 3.63) is 64.2 Å². The smallest absolute Gasteiger partial charge is 0.0932 e. The number of hydrogen-bond donors (Lipinski definition) is 0. The molecule has 0 bridgehead atoms. The molecule has 2 rings (SSSR count). The van der Waals surface area contributed by atoms with Crippen LogP contribution in [0.15, 0.2) is 42.5 Å². The molecule has 0 amide bonds. The molecule has 0 aromatic heterocycles. The molecule has 0 spiro atoms. The molecule has 0 aliphatic heterocycles. The maximum atomic E-state index is 6.09. The second-order valence-corrected chi connectivity index (χ2v) is 4.31. The van der Waals surface area contributed by atoms with Crippen LogP contribution in [0.25, 0.3) is 0 Å². The van der Waals surface area contributed by atoms with Crippen LogP contribution in [-0.4, -0.2) is 7.85 Å². The highest BCUT2D eigenvalue weighted by atomic mass is 35.5. The van der Waals surface area contributed by atoms with Gasteiger partial charge in [0.2, 0.25) is 0 Å². The average molecular weight is 227 g/mol. The van der Waals surface area contributed by atoms with Crippen molar-refractivity contribution in [3.63, 3.8) is 0 Å². The molecule has 0 saturated carbocycles. The predicted molar refractivity (Wildman–Crippen MR) is 70.8 cm³/mol. The molecule has 2 aromatic rings. The Balaban J connectivity index is 2.35. The molecule has 0 fully saturated rings. The fourth-order valence-electron chi connectivity index (χ4n) is 1.74. The Bertz CT molecular complexity index is 506. The van der Waals surface area contributed by atoms with Crippen molar-refractivity contribution in [3.8, 4) is 0 Å². The van der Waals surface area contributed by atoms with Gasteiger partial charge in [0.15, 0.2) is 0 Å². The Kier molecular flexibility index (Phi) is 3.35. The summed E-state index contributed by atoms with van der Waals surface area (Å²) in [7, 11) is 5.92. The summed E-state index contributed by atoms with van der Waals surface area (Å²) < 4.78 is 0. The molecule has 2 aromatic carbocycles. The van der Waals surface area contributed by atoms with E-state index in [1.54, 1.807) is 0 Å². The van der Waals surface area contributed by atoms with E-state index in [0.717, 1.165) is 28.0 Å². The molecule has 0 aliphatic rings. The summed E-state index contributed by atoms with van der Waals surface area (Å²) in [6.07, 6.45) is 0.832. The first-order valence-corrected chi connectivity index (χ1v) is 5.63. The van der Waals surface area contributed by atoms with Crippen LogP contribution in [0.3, 0.4) is 0 Å². The zero-order valence-corrected chi connectivity index (χ0v) is 9.96. The maximum Gasteiger partial charge on any atom is 0.114 e. The Morgan fingerprint density at radius 2 is 1.69 bits per heavy atom. The lowest BCUT2D eigenvalue weighted by atomic mass is 9.87. The van der Waals surface area contributed by atoms with Gasteiger partial charge in [0.1, 0.15) is 7.85 Å². The van der Waals surface area contributed by atoms with Crippen LogP contribution in [0.2, 0.25) is 5.02 Å². The lowest BCUT2D eigenvalue weighted by Crippen LogP contribution is -2.10. The average Bonchev–Trinajstić information content (AvgIpc) is 2.28. The highest BCUT2D eigenvalue weighted by Gasteiger charge is 2.04. The minimum atomic E-state index is 0.812. The monoisotopic (exact) mass is 226 g/mol. The summed E-state index contributed by atoms with van der Waals surface area (Å²) in [5.41, 5.74) is 4.34. The van der Waals surface area contributed by atoms with Gasteiger partial charge in [-0.05, 0) is 30.5 Å². The maximum absolute atomic E-state index is 6.09. The second kappa shape index (κ2) is 4.75. The van der Waals surface area contributed by atoms with E-state index in [-0.39, 0.29) is 0 Å². The van der Waals surface area contributed by atoms with E-state index >= 15 is 0 Å². The number of benzene rings is 2. The van der Waals surface area contributed by atoms with Gasteiger partial charge < -0.3 is 0 Å². The molecule has 0 saturated heterocycles. The Morgan fingerprint density at radius 1 is 1.00 bits per heavy atom. The zero-order valence-electron chi connectivity index (χ0n) is 9.20. The molecule has 0 nitrogen and oxygen atoms in total. The van der Waals surface area contributed by atoms with Crippen molar-refractivity contribution in [1.82, 2.24) is 0 Å². The summed E-state index contributed by atoms with van der Waals surface area (Å²) in [5.74, 6) is 0. The third kappa shape index (κ3) is 2.30. The van der Waals surface area contributed by atoms with E-state index in [0.29, 0.717) is 0 Å². The van der Waals surface area contributed by atoms with Crippen molar-refractivity contribution in [2.45, 2.75) is 13.3 Å². The van der Waals surface area contributed by atoms with Gasteiger partial charge in [0.25, 0.3) is 0 Å². The first kappa shape index (κ1) is 11.3. The second-order valence-electron chi connectivity index (χ2n) is 3.90. The molecule has 16 heavy (non-hydrogen) atoms. The van der Waals surface area contributed by atoms with E-state index in [9.17, 15) is 0 Å². The molecular weight excluding hydrogens is 214 g/mol. The van der Waals surface area contributed by atoms with E-state index in [2.05, 4.69) is 12.1 Å². The van der Waals surface area contributed by atoms with Gasteiger partial charge in [0.05, 0.1) is 0 Å². The van der Waals surface area contributed by atoms with Crippen molar-refractivity contribution in [2.24, 2.45) is 0 Å². The third-order valence-corrected chi connectivity index (χ3v) is 3.23. The van der Waals surface area contributed by atoms with Crippen molar-refractivity contribution in [1.29, 1.82) is 0 Å². The van der Waals surface area contributed by atoms with Crippen LogP contribution >= 0.6 is 11.6 Å². The molecule has 2 heteroatoms. The molecule has 0 atom stereocenters. The molecular formula is C14H12BCl. The van der Waals surface area contributed by atoms with Gasteiger partial charge in [-0.25, -0.2) is 0 Å². The van der Waals surface area contributed by atoms with Gasteiger partial charge >= 0.3 is 0 Å². The summed E-state index contributed by atoms with van der Waals surface area (Å²) in [6, 6.07) is 13.9. The fourth-order valence-corrected chi connectivity index (χ4v) is 1.94. The van der Waals surface area contributed by atoms with Crippen molar-refractivity contribution >= 4 is 24.9 Å². The van der Waals surface area contributed by atoms with Crippen LogP contribution < -0.4 is 5.46 Å². The summed E-state index contributed by atoms with van der Waals surface area (Å²) >= 11 is 6.09. The van der Waals surface area contributed by atoms with Gasteiger partial charge in [0, 0.05) is 5.02 Å². The first-order chi connectivity index (χ1) is 7.68. The van der Waals surface area contributed by atoms with Gasteiger partial charge in [-0.3, -0.25) is 0 Å². The third-order valence-electron chi connectivity index (χ3n) is 2.82. The molecule has 0 N–H and O–H groups in total. The molecule has 78 valence electrons. The number of halogens is 1. The van der Waals surface area contributed by atoms with Crippen molar-refractivity contribution < 1.29 is 0 Å². The molecule has 0 aliphatic carbocycles. The minimum Gasteiger partial charge on any atom is -0.0932 e. The van der Waals surface area contributed by atoms with Crippen molar-refractivity contribution in [2.75, 3.05) is 0 Å². The largest absolute Gasteiger partial charge is 0.114 e. The van der Waals surface area contributed by atoms with Crippen LogP contribution in [0.1, 0.15) is 16.7 Å².